The normalized spacial score (nSPS) is 14.8. The van der Waals surface area contributed by atoms with E-state index >= 15 is 0 Å². The first-order valence-corrected chi connectivity index (χ1v) is 12.9. The highest BCUT2D eigenvalue weighted by Crippen LogP contribution is 2.32. The van der Waals surface area contributed by atoms with Gasteiger partial charge >= 0.3 is 12.4 Å². The number of amides is 2. The number of hydrogen-bond acceptors (Lipinski definition) is 7. The minimum atomic E-state index is -4.76. The van der Waals surface area contributed by atoms with Crippen LogP contribution in [-0.4, -0.2) is 23.5 Å². The monoisotopic (exact) mass is 580 g/mol. The van der Waals surface area contributed by atoms with E-state index in [1.54, 1.807) is 29.3 Å². The van der Waals surface area contributed by atoms with Crippen LogP contribution >= 0.6 is 0 Å². The summed E-state index contributed by atoms with van der Waals surface area (Å²) in [5.41, 5.74) is 6.49. The van der Waals surface area contributed by atoms with Gasteiger partial charge in [0.25, 0.3) is 5.56 Å². The van der Waals surface area contributed by atoms with Crippen molar-refractivity contribution < 1.29 is 27.2 Å². The summed E-state index contributed by atoms with van der Waals surface area (Å²) in [6.45, 7) is 4.04. The van der Waals surface area contributed by atoms with Gasteiger partial charge in [0, 0.05) is 12.7 Å². The molecular weight excluding hydrogens is 553 g/mol. The summed E-state index contributed by atoms with van der Waals surface area (Å²) in [7, 11) is 1.48. The van der Waals surface area contributed by atoms with Gasteiger partial charge in [-0.2, -0.15) is 10.2 Å². The number of aliphatic imine (C=N–C) groups is 1. The number of anilines is 3. The van der Waals surface area contributed by atoms with Crippen molar-refractivity contribution in [2.45, 2.75) is 32.3 Å². The second-order valence-corrected chi connectivity index (χ2v) is 9.75. The molecule has 0 radical (unpaired) electrons. The van der Waals surface area contributed by atoms with Gasteiger partial charge < -0.3 is 14.6 Å². The van der Waals surface area contributed by atoms with Gasteiger partial charge in [-0.05, 0) is 59.0 Å². The van der Waals surface area contributed by atoms with Crippen LogP contribution in [0.25, 0.3) is 11.1 Å². The molecule has 2 amide bonds. The fraction of sp³-hybridized carbons (Fsp3) is 0.207. The summed E-state index contributed by atoms with van der Waals surface area (Å²) in [5, 5.41) is 6.94. The quantitative estimate of drug-likeness (QED) is 0.234. The topological polar surface area (TPSA) is 113 Å². The van der Waals surface area contributed by atoms with Gasteiger partial charge in [0.1, 0.15) is 23.8 Å². The second-order valence-electron chi connectivity index (χ2n) is 9.75. The van der Waals surface area contributed by atoms with Crippen LogP contribution < -0.4 is 31.4 Å². The Hall–Kier alpha value is -5.04. The third-order valence-corrected chi connectivity index (χ3v) is 6.46. The molecule has 0 saturated heterocycles. The summed E-state index contributed by atoms with van der Waals surface area (Å²) in [4.78, 5) is 30.1. The van der Waals surface area contributed by atoms with Crippen molar-refractivity contribution in [3.05, 3.63) is 94.3 Å². The molecule has 1 unspecified atom stereocenters. The number of hydrazine groups is 1. The third-order valence-electron chi connectivity index (χ3n) is 6.46. The van der Waals surface area contributed by atoms with Gasteiger partial charge in [0.15, 0.2) is 0 Å². The van der Waals surface area contributed by atoms with Crippen molar-refractivity contribution in [1.29, 1.82) is 0 Å². The predicted molar refractivity (Wildman–Crippen MR) is 153 cm³/mol. The summed E-state index contributed by atoms with van der Waals surface area (Å²) in [6, 6.07) is 19.1. The first-order chi connectivity index (χ1) is 20.0. The Balaban J connectivity index is 1.22. The number of carbonyl (C=O) groups excluding carboxylic acids is 1. The van der Waals surface area contributed by atoms with Crippen LogP contribution in [0.2, 0.25) is 0 Å². The van der Waals surface area contributed by atoms with Crippen LogP contribution in [0.4, 0.5) is 35.2 Å². The minimum absolute atomic E-state index is 0.0345. The summed E-state index contributed by atoms with van der Waals surface area (Å²) in [6.07, 6.45) is -3.70. The van der Waals surface area contributed by atoms with E-state index in [0.29, 0.717) is 16.9 Å². The van der Waals surface area contributed by atoms with E-state index in [1.165, 1.54) is 37.7 Å². The molecule has 4 aromatic rings. The van der Waals surface area contributed by atoms with Gasteiger partial charge in [-0.1, -0.05) is 50.2 Å². The van der Waals surface area contributed by atoms with Crippen molar-refractivity contribution in [3.8, 4) is 16.9 Å². The molecule has 0 spiro atoms. The zero-order valence-corrected chi connectivity index (χ0v) is 22.8. The largest absolute Gasteiger partial charge is 0.573 e. The maximum Gasteiger partial charge on any atom is 0.573 e. The summed E-state index contributed by atoms with van der Waals surface area (Å²) >= 11 is 0. The predicted octanol–water partition coefficient (Wildman–Crippen LogP) is 6.36. The molecule has 3 N–H and O–H groups in total. The Morgan fingerprint density at radius 2 is 1.71 bits per heavy atom. The van der Waals surface area contributed by atoms with Crippen molar-refractivity contribution in [1.82, 2.24) is 10.2 Å². The van der Waals surface area contributed by atoms with Crippen molar-refractivity contribution >= 4 is 29.6 Å². The molecule has 0 fully saturated rings. The van der Waals surface area contributed by atoms with Crippen LogP contribution in [0.3, 0.4) is 0 Å². The zero-order chi connectivity index (χ0) is 30.0. The first-order valence-electron chi connectivity index (χ1n) is 12.9. The van der Waals surface area contributed by atoms with Gasteiger partial charge in [-0.25, -0.2) is 9.79 Å². The lowest BCUT2D eigenvalue weighted by molar-refractivity contribution is -0.274. The van der Waals surface area contributed by atoms with E-state index in [1.807, 2.05) is 38.1 Å². The van der Waals surface area contributed by atoms with Gasteiger partial charge in [0.2, 0.25) is 5.88 Å². The SMILES string of the molecule is CC(C)c1ccccc1-c1c(NC(=O)Nc2ccc(C3N=CN(c4ccc(OC(F)(F)F)cc4)N3)cc2)on(C)c1=O. The molecule has 1 atom stereocenters. The highest BCUT2D eigenvalue weighted by atomic mass is 19.4. The molecule has 10 nitrogen and oxygen atoms in total. The number of hydrogen-bond donors (Lipinski definition) is 3. The third kappa shape index (κ3) is 6.31. The molecule has 5 rings (SSSR count). The lowest BCUT2D eigenvalue weighted by Crippen LogP contribution is -2.33. The van der Waals surface area contributed by atoms with E-state index in [4.69, 9.17) is 4.52 Å². The van der Waals surface area contributed by atoms with E-state index < -0.39 is 18.6 Å². The molecular formula is C29H27F3N6O4. The number of nitrogens with zero attached hydrogens (tertiary/aromatic N) is 3. The molecule has 0 bridgehead atoms. The van der Waals surface area contributed by atoms with Crippen LogP contribution in [0.1, 0.15) is 37.1 Å². The molecule has 0 aliphatic carbocycles. The van der Waals surface area contributed by atoms with Crippen LogP contribution in [0, 0.1) is 0 Å². The van der Waals surface area contributed by atoms with Crippen molar-refractivity contribution in [2.75, 3.05) is 15.6 Å². The average molecular weight is 581 g/mol. The number of halogens is 3. The Morgan fingerprint density at radius 3 is 2.38 bits per heavy atom. The van der Waals surface area contributed by atoms with Gasteiger partial charge in [-0.3, -0.25) is 15.1 Å². The number of nitrogens with one attached hydrogen (secondary N) is 3. The van der Waals surface area contributed by atoms with E-state index in [9.17, 15) is 22.8 Å². The van der Waals surface area contributed by atoms with Crippen LogP contribution in [-0.2, 0) is 7.05 Å². The Bertz CT molecular complexity index is 1660. The van der Waals surface area contributed by atoms with Crippen molar-refractivity contribution in [2.24, 2.45) is 12.0 Å². The number of aromatic nitrogens is 1. The fourth-order valence-corrected chi connectivity index (χ4v) is 4.49. The zero-order valence-electron chi connectivity index (χ0n) is 22.8. The minimum Gasteiger partial charge on any atom is -0.406 e. The lowest BCUT2D eigenvalue weighted by atomic mass is 9.94. The number of ether oxygens (including phenoxy) is 1. The average Bonchev–Trinajstić information content (AvgIpc) is 3.53. The molecule has 42 heavy (non-hydrogen) atoms. The highest BCUT2D eigenvalue weighted by molar-refractivity contribution is 6.01. The number of rotatable bonds is 7. The molecule has 1 aliphatic rings. The molecule has 218 valence electrons. The standard InChI is InChI=1S/C29H27F3N6O4/c1-17(2)22-6-4-5-7-23(22)24-26(42-37(3)27(24)39)35-28(40)34-19-10-8-18(9-11-19)25-33-16-38(36-25)20-12-14-21(15-13-20)41-29(30,31)32/h4-17,25,36H,1-3H3,(H2,34,35,40). The smallest absolute Gasteiger partial charge is 0.406 e. The lowest BCUT2D eigenvalue weighted by Gasteiger charge is -2.18. The van der Waals surface area contributed by atoms with Crippen LogP contribution in [0.5, 0.6) is 5.75 Å². The molecule has 1 aliphatic heterocycles. The summed E-state index contributed by atoms with van der Waals surface area (Å²) < 4.78 is 47.7. The van der Waals surface area contributed by atoms with E-state index in [-0.39, 0.29) is 28.7 Å². The molecule has 0 saturated carbocycles. The Morgan fingerprint density at radius 1 is 1.02 bits per heavy atom. The van der Waals surface area contributed by atoms with Crippen molar-refractivity contribution in [3.63, 3.8) is 0 Å². The maximum absolute atomic E-state index is 12.9. The number of urea groups is 1. The van der Waals surface area contributed by atoms with Gasteiger partial charge in [-0.15, -0.1) is 13.2 Å². The van der Waals surface area contributed by atoms with E-state index in [2.05, 4.69) is 25.8 Å². The number of benzene rings is 3. The van der Waals surface area contributed by atoms with Gasteiger partial charge in [0.05, 0.1) is 5.69 Å². The number of alkyl halides is 3. The Kier molecular flexibility index (Phi) is 7.77. The molecule has 1 aromatic heterocycles. The fourth-order valence-electron chi connectivity index (χ4n) is 4.49. The first kappa shape index (κ1) is 28.5. The molecule has 13 heteroatoms. The van der Waals surface area contributed by atoms with Crippen LogP contribution in [0.15, 0.2) is 87.1 Å². The summed E-state index contributed by atoms with van der Waals surface area (Å²) in [5.74, 6) is -0.144. The highest BCUT2D eigenvalue weighted by Gasteiger charge is 2.31. The molecule has 2 heterocycles. The van der Waals surface area contributed by atoms with E-state index in [0.717, 1.165) is 15.9 Å². The Labute approximate surface area is 238 Å². The molecule has 3 aromatic carbocycles. The number of aryl methyl sites for hydroxylation is 1. The number of carbonyl (C=O) groups is 1. The maximum atomic E-state index is 12.9. The second kappa shape index (κ2) is 11.4.